The average Bonchev–Trinajstić information content (AvgIpc) is 4.05. The van der Waals surface area contributed by atoms with Gasteiger partial charge in [0.2, 0.25) is 12.0 Å². The van der Waals surface area contributed by atoms with E-state index in [0.717, 1.165) is 10.9 Å². The van der Waals surface area contributed by atoms with Gasteiger partial charge in [-0.15, -0.1) is 0 Å². The van der Waals surface area contributed by atoms with Gasteiger partial charge in [0, 0.05) is 53.5 Å². The van der Waals surface area contributed by atoms with E-state index in [1.165, 1.54) is 12.3 Å². The van der Waals surface area contributed by atoms with Gasteiger partial charge in [0.05, 0.1) is 35.2 Å². The molecule has 5 aromatic rings. The van der Waals surface area contributed by atoms with E-state index in [1.54, 1.807) is 24.4 Å². The highest BCUT2D eigenvalue weighted by atomic mass is 16.7. The molecule has 0 radical (unpaired) electrons. The summed E-state index contributed by atoms with van der Waals surface area (Å²) < 4.78 is 46.6. The second kappa shape index (κ2) is 17.3. The van der Waals surface area contributed by atoms with Crippen LogP contribution in [-0.4, -0.2) is 125 Å². The second-order valence-corrected chi connectivity index (χ2v) is 17.8. The number of carboxylic acids is 1. The molecular weight excluding hydrogens is 913 g/mol. The van der Waals surface area contributed by atoms with Crippen LogP contribution in [0, 0.1) is 23.7 Å². The molecule has 0 amide bonds. The fourth-order valence-corrected chi connectivity index (χ4v) is 10.7. The summed E-state index contributed by atoms with van der Waals surface area (Å²) in [6.45, 7) is -1.33. The number of nitrogens with two attached hydrogens (primary N) is 1. The number of aromatic amines is 1. The van der Waals surface area contributed by atoms with Crippen molar-refractivity contribution in [1.29, 1.82) is 0 Å². The summed E-state index contributed by atoms with van der Waals surface area (Å²) in [6.07, 6.45) is -7.54. The minimum absolute atomic E-state index is 0.00499. The van der Waals surface area contributed by atoms with Crippen LogP contribution in [0.1, 0.15) is 64.3 Å². The summed E-state index contributed by atoms with van der Waals surface area (Å²) in [7, 11) is 0. The number of aliphatic hydroxyl groups excluding tert-OH is 5. The van der Waals surface area contributed by atoms with Gasteiger partial charge in [0.1, 0.15) is 66.8 Å². The number of fused-ring (bicyclic) bond motifs is 5. The molecule has 7 aliphatic heterocycles. The lowest BCUT2D eigenvalue weighted by Crippen LogP contribution is -2.80. The first-order valence-electron chi connectivity index (χ1n) is 22.4. The van der Waals surface area contributed by atoms with Crippen molar-refractivity contribution in [3.63, 3.8) is 0 Å². The molecule has 12 unspecified atom stereocenters. The van der Waals surface area contributed by atoms with Crippen molar-refractivity contribution >= 4 is 22.8 Å². The first kappa shape index (κ1) is 45.2. The predicted octanol–water partition coefficient (Wildman–Crippen LogP) is 0.828. The van der Waals surface area contributed by atoms with E-state index in [9.17, 15) is 45.3 Å². The second-order valence-electron chi connectivity index (χ2n) is 17.8. The number of nitrogens with one attached hydrogen (secondary N) is 2. The van der Waals surface area contributed by atoms with E-state index in [4.69, 9.17) is 38.9 Å². The number of carboxylic acid groups (broad SMARTS) is 1. The van der Waals surface area contributed by atoms with E-state index in [1.807, 2.05) is 47.2 Å². The Balaban J connectivity index is 1.14. The molecule has 1 saturated heterocycles. The van der Waals surface area contributed by atoms with Crippen LogP contribution < -0.4 is 34.7 Å². The van der Waals surface area contributed by atoms with E-state index in [-0.39, 0.29) is 54.1 Å². The number of benzene rings is 3. The smallest absolute Gasteiger partial charge is 0.317 e. The highest BCUT2D eigenvalue weighted by Gasteiger charge is 2.69. The Morgan fingerprint density at radius 2 is 1.83 bits per heavy atom. The quantitative estimate of drug-likeness (QED) is 0.0424. The first-order valence-corrected chi connectivity index (χ1v) is 22.4. The maximum atomic E-state index is 13.0. The molecule has 12 rings (SSSR count). The maximum Gasteiger partial charge on any atom is 0.317 e. The molecule has 0 aliphatic carbocycles. The van der Waals surface area contributed by atoms with Crippen LogP contribution in [0.3, 0.4) is 0 Å². The van der Waals surface area contributed by atoms with Gasteiger partial charge >= 0.3 is 11.9 Å². The molecule has 20 nitrogen and oxygen atoms in total. The number of hydrogen-bond acceptors (Lipinski definition) is 17. The number of rotatable bonds is 9. The zero-order valence-electron chi connectivity index (χ0n) is 36.9. The third kappa shape index (κ3) is 7.10. The number of hydrogen-bond donors (Lipinski definition) is 10. The molecule has 12 atom stereocenters. The molecule has 2 aromatic heterocycles. The predicted molar refractivity (Wildman–Crippen MR) is 240 cm³/mol. The molecule has 9 heterocycles. The molecule has 7 aliphatic rings. The fraction of sp³-hybridized carbons (Fsp3) is 0.360. The van der Waals surface area contributed by atoms with Gasteiger partial charge in [-0.05, 0) is 30.0 Å². The number of aliphatic carboxylic acids is 1. The van der Waals surface area contributed by atoms with Crippen LogP contribution >= 0.6 is 0 Å². The molecule has 20 heteroatoms. The van der Waals surface area contributed by atoms with Crippen molar-refractivity contribution in [3.05, 3.63) is 113 Å². The fourth-order valence-electron chi connectivity index (χ4n) is 10.7. The van der Waals surface area contributed by atoms with Gasteiger partial charge in [0.25, 0.3) is 0 Å². The lowest BCUT2D eigenvalue weighted by Gasteiger charge is -2.57. The Kier molecular flexibility index (Phi) is 11.2. The van der Waals surface area contributed by atoms with E-state index < -0.39 is 104 Å². The molecule has 0 saturated carbocycles. The summed E-state index contributed by atoms with van der Waals surface area (Å²) in [4.78, 5) is 27.7. The lowest BCUT2D eigenvalue weighted by molar-refractivity contribution is -0.355. The maximum absolute atomic E-state index is 13.0. The molecule has 1 fully saturated rings. The Bertz CT molecular complexity index is 3080. The van der Waals surface area contributed by atoms with Crippen molar-refractivity contribution in [2.45, 2.75) is 98.1 Å². The monoisotopic (exact) mass is 958 g/mol. The van der Waals surface area contributed by atoms with Gasteiger partial charge in [-0.1, -0.05) is 60.1 Å². The SMILES string of the molecule is NC1NC=CC2(OC3Oc4cc5c(c(Cn6cc7cc[nH]c7c6CO)c4C#CCC2(O)C(O)C3O)C2Oc3c4ccc(OCO)c3OCC(O)C#CC(c3ccccc3)C(O5)C42)C1OC(=O)CC(=O)O. The number of aliphatic hydroxyl groups is 6. The van der Waals surface area contributed by atoms with Gasteiger partial charge in [-0.25, -0.2) is 0 Å². The van der Waals surface area contributed by atoms with E-state index >= 15 is 0 Å². The number of H-pyrrole nitrogens is 1. The van der Waals surface area contributed by atoms with Crippen molar-refractivity contribution in [1.82, 2.24) is 14.9 Å². The van der Waals surface area contributed by atoms with Gasteiger partial charge in [-0.3, -0.25) is 9.59 Å². The minimum atomic E-state index is -2.59. The van der Waals surface area contributed by atoms with Crippen LogP contribution in [0.5, 0.6) is 28.7 Å². The molecular formula is C50H46N4O16. The summed E-state index contributed by atoms with van der Waals surface area (Å²) in [5.41, 5.74) is 5.34. The summed E-state index contributed by atoms with van der Waals surface area (Å²) in [5, 5.41) is 81.3. The van der Waals surface area contributed by atoms with Crippen LogP contribution in [-0.2, 0) is 32.2 Å². The molecule has 11 N–H and O–H groups in total. The Labute approximate surface area is 397 Å². The third-order valence-electron chi connectivity index (χ3n) is 13.8. The zero-order valence-corrected chi connectivity index (χ0v) is 36.9. The van der Waals surface area contributed by atoms with E-state index in [2.05, 4.69) is 34.0 Å². The molecule has 3 aromatic carbocycles. The summed E-state index contributed by atoms with van der Waals surface area (Å²) in [6, 6.07) is 16.2. The van der Waals surface area contributed by atoms with Crippen LogP contribution in [0.25, 0.3) is 10.9 Å². The topological polar surface area (TPSA) is 299 Å². The summed E-state index contributed by atoms with van der Waals surface area (Å²) in [5.74, 6) is 9.02. The molecule has 362 valence electrons. The number of carbonyl (C=O) groups is 2. The Morgan fingerprint density at radius 3 is 2.61 bits per heavy atom. The third-order valence-corrected chi connectivity index (χ3v) is 13.8. The summed E-state index contributed by atoms with van der Waals surface area (Å²) >= 11 is 0. The first-order chi connectivity index (χ1) is 33.8. The lowest BCUT2D eigenvalue weighted by atomic mass is 9.67. The number of carbonyl (C=O) groups excluding carboxylic acids is 1. The molecule has 70 heavy (non-hydrogen) atoms. The standard InChI is InChI=1S/C50H46N4O16/c51-47-46(68-36(60)18-35(58)59)50(14-16-53-47)49(63)13-4-7-28-30(20-54-19-25-12-15-52-39(25)31(54)21-55)37-34(17-33(28)67-48(70-50)40(61)45(49)62)66-41-27(24-5-2-1-3-6-24)9-8-26(57)22-64-43-32(65-23-56)11-10-29-38(41)44(37)69-42(29)43/h1-3,5-6,10-12,14-17,19,26-27,38,40-41,44-48,52-53,55-57,61-63H,13,18,20-23,51H2,(H,58,59). The number of esters is 1. The van der Waals surface area contributed by atoms with E-state index in [0.29, 0.717) is 27.9 Å². The number of nitrogens with zero attached hydrogens (tertiary/aromatic N) is 1. The highest BCUT2D eigenvalue weighted by Crippen LogP contribution is 2.61. The van der Waals surface area contributed by atoms with Crippen LogP contribution in [0.15, 0.2) is 79.3 Å². The minimum Gasteiger partial charge on any atom is -0.487 e. The Hall–Kier alpha value is -7.24. The highest BCUT2D eigenvalue weighted by molar-refractivity contribution is 5.90. The van der Waals surface area contributed by atoms with Gasteiger partial charge in [-0.2, -0.15) is 0 Å². The van der Waals surface area contributed by atoms with Crippen molar-refractivity contribution < 1.29 is 78.5 Å². The van der Waals surface area contributed by atoms with Crippen molar-refractivity contribution in [2.75, 3.05) is 13.4 Å². The van der Waals surface area contributed by atoms with Crippen molar-refractivity contribution in [3.8, 4) is 52.4 Å². The van der Waals surface area contributed by atoms with Gasteiger partial charge in [0.15, 0.2) is 30.0 Å². The van der Waals surface area contributed by atoms with Crippen LogP contribution in [0.2, 0.25) is 0 Å². The van der Waals surface area contributed by atoms with Gasteiger partial charge < -0.3 is 89.5 Å². The zero-order chi connectivity index (χ0) is 48.6. The number of ether oxygens (including phenoxy) is 7. The average molecular weight is 959 g/mol. The number of aromatic nitrogens is 2. The molecule has 1 spiro atoms. The normalized spacial score (nSPS) is 30.8. The molecule has 6 bridgehead atoms. The largest absolute Gasteiger partial charge is 0.487 e. The van der Waals surface area contributed by atoms with Crippen molar-refractivity contribution in [2.24, 2.45) is 5.73 Å². The van der Waals surface area contributed by atoms with Crippen LogP contribution in [0.4, 0.5) is 0 Å². The Morgan fingerprint density at radius 1 is 1.00 bits per heavy atom.